The first-order chi connectivity index (χ1) is 13.4. The number of thiazole rings is 1. The Morgan fingerprint density at radius 2 is 2.00 bits per heavy atom. The second kappa shape index (κ2) is 8.01. The van der Waals surface area contributed by atoms with E-state index in [0.717, 1.165) is 44.8 Å². The van der Waals surface area contributed by atoms with Gasteiger partial charge in [0, 0.05) is 22.6 Å². The van der Waals surface area contributed by atoms with Crippen LogP contribution < -0.4 is 15.6 Å². The van der Waals surface area contributed by atoms with E-state index in [1.54, 1.807) is 7.11 Å². The summed E-state index contributed by atoms with van der Waals surface area (Å²) in [6.07, 6.45) is 1.04. The largest absolute Gasteiger partial charge is 0.497 e. The van der Waals surface area contributed by atoms with Crippen molar-refractivity contribution in [2.24, 2.45) is 0 Å². The summed E-state index contributed by atoms with van der Waals surface area (Å²) in [6, 6.07) is 9.54. The molecule has 0 aliphatic rings. The van der Waals surface area contributed by atoms with Crippen LogP contribution in [-0.4, -0.2) is 27.5 Å². The molecule has 0 atom stereocenters. The fraction of sp³-hybridized carbons (Fsp3) is 0.167. The Labute approximate surface area is 163 Å². The average molecular weight is 400 g/mol. The first kappa shape index (κ1) is 19.2. The van der Waals surface area contributed by atoms with Crippen molar-refractivity contribution in [1.82, 2.24) is 9.55 Å². The maximum atomic E-state index is 12.3. The number of amides is 1. The number of aromatic nitrogens is 2. The minimum absolute atomic E-state index is 0.265. The van der Waals surface area contributed by atoms with Crippen molar-refractivity contribution >= 4 is 28.1 Å². The summed E-state index contributed by atoms with van der Waals surface area (Å²) in [7, 11) is 1.59. The number of pyridine rings is 1. The van der Waals surface area contributed by atoms with Gasteiger partial charge in [0.1, 0.15) is 12.3 Å². The van der Waals surface area contributed by atoms with Crippen molar-refractivity contribution in [1.29, 1.82) is 0 Å². The molecule has 1 N–H and O–H groups in total. The second-order valence-electron chi connectivity index (χ2n) is 5.81. The van der Waals surface area contributed by atoms with Crippen LogP contribution in [0.1, 0.15) is 4.88 Å². The Hall–Kier alpha value is -3.53. The zero-order chi connectivity index (χ0) is 20.3. The van der Waals surface area contributed by atoms with Crippen LogP contribution in [0.5, 0.6) is 5.75 Å². The Bertz CT molecular complexity index is 1090. The molecule has 2 heterocycles. The maximum Gasteiger partial charge on any atom is 0.285 e. The molecule has 3 rings (SSSR count). The SMILES string of the molecule is COc1ccc(-c2nc(NC(=O)Cn3cc([N+](=O)[O-])ccc3=O)sc2C)cc1. The van der Waals surface area contributed by atoms with Gasteiger partial charge in [-0.25, -0.2) is 4.98 Å². The molecule has 0 fully saturated rings. The minimum atomic E-state index is -0.626. The maximum absolute atomic E-state index is 12.3. The smallest absolute Gasteiger partial charge is 0.285 e. The topological polar surface area (TPSA) is 116 Å². The molecule has 2 aromatic heterocycles. The highest BCUT2D eigenvalue weighted by molar-refractivity contribution is 7.16. The van der Waals surface area contributed by atoms with E-state index in [0.29, 0.717) is 5.13 Å². The fourth-order valence-electron chi connectivity index (χ4n) is 2.53. The van der Waals surface area contributed by atoms with Gasteiger partial charge < -0.3 is 10.1 Å². The van der Waals surface area contributed by atoms with E-state index in [9.17, 15) is 19.7 Å². The zero-order valence-corrected chi connectivity index (χ0v) is 15.9. The molecule has 3 aromatic rings. The van der Waals surface area contributed by atoms with Crippen molar-refractivity contribution in [3.63, 3.8) is 0 Å². The van der Waals surface area contributed by atoms with Crippen molar-refractivity contribution < 1.29 is 14.5 Å². The van der Waals surface area contributed by atoms with Crippen LogP contribution in [0, 0.1) is 17.0 Å². The Morgan fingerprint density at radius 1 is 1.29 bits per heavy atom. The van der Waals surface area contributed by atoms with Crippen LogP contribution >= 0.6 is 11.3 Å². The zero-order valence-electron chi connectivity index (χ0n) is 15.0. The molecule has 0 bridgehead atoms. The number of rotatable bonds is 6. The number of aryl methyl sites for hydroxylation is 1. The number of nitrogens with one attached hydrogen (secondary N) is 1. The minimum Gasteiger partial charge on any atom is -0.497 e. The molecule has 1 amide bonds. The lowest BCUT2D eigenvalue weighted by Crippen LogP contribution is -2.26. The normalized spacial score (nSPS) is 10.5. The molecule has 0 unspecified atom stereocenters. The van der Waals surface area contributed by atoms with Crippen molar-refractivity contribution in [3.05, 3.63) is 67.9 Å². The highest BCUT2D eigenvalue weighted by atomic mass is 32.1. The molecular weight excluding hydrogens is 384 g/mol. The Kier molecular flexibility index (Phi) is 5.50. The molecule has 10 heteroatoms. The van der Waals surface area contributed by atoms with Crippen molar-refractivity contribution in [2.45, 2.75) is 13.5 Å². The van der Waals surface area contributed by atoms with Gasteiger partial charge >= 0.3 is 0 Å². The first-order valence-electron chi connectivity index (χ1n) is 8.14. The van der Waals surface area contributed by atoms with Crippen LogP contribution in [0.3, 0.4) is 0 Å². The van der Waals surface area contributed by atoms with Crippen LogP contribution in [0.4, 0.5) is 10.8 Å². The second-order valence-corrected chi connectivity index (χ2v) is 7.01. The van der Waals surface area contributed by atoms with E-state index in [1.807, 2.05) is 31.2 Å². The van der Waals surface area contributed by atoms with Crippen LogP contribution in [0.25, 0.3) is 11.3 Å². The summed E-state index contributed by atoms with van der Waals surface area (Å²) in [6.45, 7) is 1.54. The van der Waals surface area contributed by atoms with Gasteiger partial charge in [0.05, 0.1) is 23.9 Å². The summed E-state index contributed by atoms with van der Waals surface area (Å²) in [5.74, 6) is 0.227. The molecule has 1 aromatic carbocycles. The van der Waals surface area contributed by atoms with Gasteiger partial charge in [-0.05, 0) is 31.2 Å². The number of anilines is 1. The molecular formula is C18H16N4O5S. The predicted molar refractivity (Wildman–Crippen MR) is 105 cm³/mol. The van der Waals surface area contributed by atoms with Gasteiger partial charge in [0.15, 0.2) is 5.13 Å². The number of ether oxygens (including phenoxy) is 1. The molecule has 0 saturated carbocycles. The van der Waals surface area contributed by atoms with Crippen molar-refractivity contribution in [3.8, 4) is 17.0 Å². The quantitative estimate of drug-likeness (QED) is 0.502. The third kappa shape index (κ3) is 4.23. The predicted octanol–water partition coefficient (Wildman–Crippen LogP) is 2.84. The average Bonchev–Trinajstić information content (AvgIpc) is 3.03. The number of nitrogens with zero attached hydrogens (tertiary/aromatic N) is 3. The molecule has 0 radical (unpaired) electrons. The Morgan fingerprint density at radius 3 is 2.64 bits per heavy atom. The third-order valence-electron chi connectivity index (χ3n) is 3.90. The summed E-state index contributed by atoms with van der Waals surface area (Å²) in [5, 5.41) is 13.8. The number of carbonyl (C=O) groups excluding carboxylic acids is 1. The monoisotopic (exact) mass is 400 g/mol. The molecule has 0 aliphatic heterocycles. The van der Waals surface area contributed by atoms with E-state index >= 15 is 0 Å². The number of hydrogen-bond donors (Lipinski definition) is 1. The van der Waals surface area contributed by atoms with Gasteiger partial charge in [0.25, 0.3) is 11.2 Å². The van der Waals surface area contributed by atoms with Gasteiger partial charge in [-0.1, -0.05) is 0 Å². The van der Waals surface area contributed by atoms with E-state index in [1.165, 1.54) is 11.3 Å². The molecule has 28 heavy (non-hydrogen) atoms. The molecule has 0 aliphatic carbocycles. The summed E-state index contributed by atoms with van der Waals surface area (Å²) in [4.78, 5) is 39.6. The van der Waals surface area contributed by atoms with Crippen LogP contribution in [-0.2, 0) is 11.3 Å². The van der Waals surface area contributed by atoms with Crippen molar-refractivity contribution in [2.75, 3.05) is 12.4 Å². The number of methoxy groups -OCH3 is 1. The standard InChI is InChI=1S/C18H16N4O5S/c1-11-17(12-3-6-14(27-2)7-4-12)20-18(28-11)19-15(23)10-21-9-13(22(25)26)5-8-16(21)24/h3-9H,10H2,1-2H3,(H,19,20,23). The summed E-state index contributed by atoms with van der Waals surface area (Å²) in [5.41, 5.74) is 0.842. The first-order valence-corrected chi connectivity index (χ1v) is 8.95. The van der Waals surface area contributed by atoms with E-state index in [2.05, 4.69) is 10.3 Å². The van der Waals surface area contributed by atoms with E-state index < -0.39 is 16.4 Å². The number of nitro groups is 1. The van der Waals surface area contributed by atoms with Gasteiger partial charge in [-0.15, -0.1) is 11.3 Å². The van der Waals surface area contributed by atoms with Gasteiger partial charge in [-0.2, -0.15) is 0 Å². The number of carbonyl (C=O) groups is 1. The van der Waals surface area contributed by atoms with E-state index in [-0.39, 0.29) is 12.2 Å². The molecule has 0 saturated heterocycles. The molecule has 0 spiro atoms. The third-order valence-corrected chi connectivity index (χ3v) is 4.79. The summed E-state index contributed by atoms with van der Waals surface area (Å²) < 4.78 is 6.12. The lowest BCUT2D eigenvalue weighted by Gasteiger charge is -2.05. The van der Waals surface area contributed by atoms with Crippen LogP contribution in [0.15, 0.2) is 47.4 Å². The fourth-order valence-corrected chi connectivity index (χ4v) is 3.38. The van der Waals surface area contributed by atoms with E-state index in [4.69, 9.17) is 4.74 Å². The molecule has 144 valence electrons. The summed E-state index contributed by atoms with van der Waals surface area (Å²) >= 11 is 1.30. The highest BCUT2D eigenvalue weighted by Crippen LogP contribution is 2.31. The van der Waals surface area contributed by atoms with Gasteiger partial charge in [0.2, 0.25) is 5.91 Å². The highest BCUT2D eigenvalue weighted by Gasteiger charge is 2.14. The number of hydrogen-bond acceptors (Lipinski definition) is 7. The lowest BCUT2D eigenvalue weighted by atomic mass is 10.1. The van der Waals surface area contributed by atoms with Crippen LogP contribution in [0.2, 0.25) is 0 Å². The Balaban J connectivity index is 1.75. The lowest BCUT2D eigenvalue weighted by molar-refractivity contribution is -0.385. The molecule has 9 nitrogen and oxygen atoms in total. The van der Waals surface area contributed by atoms with Gasteiger partial charge in [-0.3, -0.25) is 24.3 Å². The number of benzene rings is 1.